The standard InChI is InChI=1S/C41H56N6O8/c1-24(2)30(38(52)54-40(5,6)7)46-34(48)28(21-26-17-13-11-14-18-26)44-36(50)32-33(43-23-42-32)37(51)45-29(22-27-19-15-12-16-20-27)35(49)47-31(25(3)4)39(53)55-41(8,9)10/h11-20,23-25,28-31H,21-22H2,1-10H3,(H,42,43)(H,44,50)(H,45,51)(H,46,48)(H,47,49)/t28-,29-,30-,31-/m0/s1. The number of ether oxygens (including phenoxy) is 2. The molecule has 0 aliphatic rings. The molecule has 14 heteroatoms. The average molecular weight is 761 g/mol. The SMILES string of the molecule is CC(C)[C@H](NC(=O)[C@H](Cc1ccccc1)NC(=O)c1nc[nH]c1C(=O)N[C@@H](Cc1ccccc1)C(=O)N[C@H](C(=O)OC(C)(C)C)C(C)C)C(=O)OC(C)(C)C. The molecule has 1 aromatic heterocycles. The van der Waals surface area contributed by atoms with Crippen LogP contribution in [0.25, 0.3) is 0 Å². The Morgan fingerprint density at radius 3 is 1.35 bits per heavy atom. The van der Waals surface area contributed by atoms with Crippen LogP contribution in [-0.2, 0) is 41.5 Å². The lowest BCUT2D eigenvalue weighted by Gasteiger charge is -2.28. The van der Waals surface area contributed by atoms with Crippen molar-refractivity contribution >= 4 is 35.6 Å². The van der Waals surface area contributed by atoms with Crippen LogP contribution in [0.3, 0.4) is 0 Å². The van der Waals surface area contributed by atoms with Gasteiger partial charge < -0.3 is 35.7 Å². The monoisotopic (exact) mass is 760 g/mol. The fourth-order valence-electron chi connectivity index (χ4n) is 5.45. The van der Waals surface area contributed by atoms with Gasteiger partial charge in [0.2, 0.25) is 11.8 Å². The van der Waals surface area contributed by atoms with E-state index in [1.807, 2.05) is 12.1 Å². The highest BCUT2D eigenvalue weighted by Crippen LogP contribution is 2.16. The molecule has 3 aromatic rings. The van der Waals surface area contributed by atoms with E-state index in [0.717, 1.165) is 17.5 Å². The third-order valence-corrected chi connectivity index (χ3v) is 8.14. The lowest BCUT2D eigenvalue weighted by molar-refractivity contribution is -0.160. The molecule has 0 saturated carbocycles. The number of nitrogens with one attached hydrogen (secondary N) is 5. The summed E-state index contributed by atoms with van der Waals surface area (Å²) in [5.74, 6) is -4.88. The van der Waals surface area contributed by atoms with Crippen molar-refractivity contribution in [2.75, 3.05) is 0 Å². The Balaban J connectivity index is 1.88. The fraction of sp³-hybridized carbons (Fsp3) is 0.488. The van der Waals surface area contributed by atoms with E-state index in [0.29, 0.717) is 0 Å². The van der Waals surface area contributed by atoms with Gasteiger partial charge in [0, 0.05) is 12.8 Å². The summed E-state index contributed by atoms with van der Waals surface area (Å²) in [4.78, 5) is 88.1. The third kappa shape index (κ3) is 14.0. The van der Waals surface area contributed by atoms with E-state index >= 15 is 0 Å². The summed E-state index contributed by atoms with van der Waals surface area (Å²) in [6, 6.07) is 13.6. The summed E-state index contributed by atoms with van der Waals surface area (Å²) in [6.45, 7) is 17.4. The molecule has 4 atom stereocenters. The number of hydrogen-bond acceptors (Lipinski definition) is 9. The van der Waals surface area contributed by atoms with Crippen LogP contribution < -0.4 is 21.3 Å². The average Bonchev–Trinajstić information content (AvgIpc) is 3.58. The number of carbonyl (C=O) groups excluding carboxylic acids is 6. The second-order valence-corrected chi connectivity index (χ2v) is 16.1. The predicted molar refractivity (Wildman–Crippen MR) is 207 cm³/mol. The molecule has 4 amide bonds. The van der Waals surface area contributed by atoms with Crippen LogP contribution in [0.5, 0.6) is 0 Å². The molecule has 2 aromatic carbocycles. The topological polar surface area (TPSA) is 198 Å². The van der Waals surface area contributed by atoms with Crippen molar-refractivity contribution < 1.29 is 38.2 Å². The molecule has 0 radical (unpaired) electrons. The molecule has 1 heterocycles. The molecule has 0 spiro atoms. The molecular weight excluding hydrogens is 704 g/mol. The normalized spacial score (nSPS) is 13.9. The van der Waals surface area contributed by atoms with Gasteiger partial charge in [-0.05, 0) is 64.5 Å². The van der Waals surface area contributed by atoms with E-state index in [1.54, 1.807) is 118 Å². The Kier molecular flexibility index (Phi) is 15.3. The number of nitrogens with zero attached hydrogens (tertiary/aromatic N) is 1. The smallest absolute Gasteiger partial charge is 0.329 e. The number of H-pyrrole nitrogens is 1. The number of imidazole rings is 1. The van der Waals surface area contributed by atoms with Crippen molar-refractivity contribution in [3.05, 3.63) is 89.5 Å². The maximum absolute atomic E-state index is 13.8. The van der Waals surface area contributed by atoms with Crippen LogP contribution in [0.1, 0.15) is 101 Å². The van der Waals surface area contributed by atoms with Crippen molar-refractivity contribution in [3.63, 3.8) is 0 Å². The van der Waals surface area contributed by atoms with Gasteiger partial charge in [-0.3, -0.25) is 19.2 Å². The molecule has 298 valence electrons. The Morgan fingerprint density at radius 2 is 0.982 bits per heavy atom. The Hall–Kier alpha value is -5.53. The zero-order valence-electron chi connectivity index (χ0n) is 33.4. The van der Waals surface area contributed by atoms with Crippen LogP contribution in [0.15, 0.2) is 67.0 Å². The minimum Gasteiger partial charge on any atom is -0.458 e. The second-order valence-electron chi connectivity index (χ2n) is 16.1. The summed E-state index contributed by atoms with van der Waals surface area (Å²) in [7, 11) is 0. The van der Waals surface area contributed by atoms with E-state index in [1.165, 1.54) is 0 Å². The molecule has 55 heavy (non-hydrogen) atoms. The first-order valence-corrected chi connectivity index (χ1v) is 18.4. The molecule has 5 N–H and O–H groups in total. The first-order valence-electron chi connectivity index (χ1n) is 18.4. The first kappa shape index (κ1) is 43.9. The van der Waals surface area contributed by atoms with E-state index < -0.39 is 70.9 Å². The van der Waals surface area contributed by atoms with Crippen molar-refractivity contribution in [1.29, 1.82) is 0 Å². The van der Waals surface area contributed by atoms with E-state index in [2.05, 4.69) is 31.2 Å². The van der Waals surface area contributed by atoms with Gasteiger partial charge in [-0.25, -0.2) is 14.6 Å². The summed E-state index contributed by atoms with van der Waals surface area (Å²) in [5, 5.41) is 10.9. The van der Waals surface area contributed by atoms with Gasteiger partial charge >= 0.3 is 11.9 Å². The van der Waals surface area contributed by atoms with Gasteiger partial charge in [0.1, 0.15) is 41.1 Å². The quantitative estimate of drug-likeness (QED) is 0.134. The highest BCUT2D eigenvalue weighted by Gasteiger charge is 2.35. The lowest BCUT2D eigenvalue weighted by atomic mass is 10.0. The molecule has 0 fully saturated rings. The van der Waals surface area contributed by atoms with Crippen LogP contribution in [0.2, 0.25) is 0 Å². The van der Waals surface area contributed by atoms with Gasteiger partial charge in [-0.1, -0.05) is 88.4 Å². The predicted octanol–water partition coefficient (Wildman–Crippen LogP) is 4.06. The summed E-state index contributed by atoms with van der Waals surface area (Å²) in [6.07, 6.45) is 1.26. The Morgan fingerprint density at radius 1 is 0.600 bits per heavy atom. The Bertz CT molecular complexity index is 1650. The highest BCUT2D eigenvalue weighted by atomic mass is 16.6. The molecule has 3 rings (SSSR count). The highest BCUT2D eigenvalue weighted by molar-refractivity contribution is 6.07. The van der Waals surface area contributed by atoms with E-state index in [-0.39, 0.29) is 36.1 Å². The maximum atomic E-state index is 13.8. The summed E-state index contributed by atoms with van der Waals surface area (Å²) < 4.78 is 11.1. The molecule has 0 saturated heterocycles. The molecular formula is C41H56N6O8. The van der Waals surface area contributed by atoms with Gasteiger partial charge in [-0.2, -0.15) is 0 Å². The van der Waals surface area contributed by atoms with Crippen LogP contribution >= 0.6 is 0 Å². The molecule has 0 aliphatic heterocycles. The van der Waals surface area contributed by atoms with Crippen molar-refractivity contribution in [3.8, 4) is 0 Å². The largest absolute Gasteiger partial charge is 0.458 e. The van der Waals surface area contributed by atoms with Gasteiger partial charge in [0.15, 0.2) is 5.69 Å². The zero-order valence-corrected chi connectivity index (χ0v) is 33.4. The van der Waals surface area contributed by atoms with E-state index in [4.69, 9.17) is 9.47 Å². The number of carbonyl (C=O) groups is 6. The number of esters is 2. The van der Waals surface area contributed by atoms with Crippen molar-refractivity contribution in [1.82, 2.24) is 31.2 Å². The number of hydrogen-bond donors (Lipinski definition) is 5. The number of benzene rings is 2. The summed E-state index contributed by atoms with van der Waals surface area (Å²) >= 11 is 0. The molecule has 0 bridgehead atoms. The molecule has 0 unspecified atom stereocenters. The number of rotatable bonds is 16. The van der Waals surface area contributed by atoms with Crippen molar-refractivity contribution in [2.45, 2.75) is 117 Å². The van der Waals surface area contributed by atoms with Gasteiger partial charge in [0.25, 0.3) is 11.8 Å². The number of aromatic amines is 1. The van der Waals surface area contributed by atoms with Gasteiger partial charge in [-0.15, -0.1) is 0 Å². The number of aromatic nitrogens is 2. The lowest BCUT2D eigenvalue weighted by Crippen LogP contribution is -2.55. The number of amides is 4. The van der Waals surface area contributed by atoms with Crippen LogP contribution in [-0.4, -0.2) is 80.9 Å². The first-order chi connectivity index (χ1) is 25.6. The van der Waals surface area contributed by atoms with Crippen LogP contribution in [0, 0.1) is 11.8 Å². The maximum Gasteiger partial charge on any atom is 0.329 e. The van der Waals surface area contributed by atoms with Gasteiger partial charge in [0.05, 0.1) is 6.33 Å². The second kappa shape index (κ2) is 19.2. The third-order valence-electron chi connectivity index (χ3n) is 8.14. The Labute approximate surface area is 323 Å². The molecule has 0 aliphatic carbocycles. The van der Waals surface area contributed by atoms with Crippen LogP contribution in [0.4, 0.5) is 0 Å². The zero-order chi connectivity index (χ0) is 41.1. The minimum atomic E-state index is -1.19. The van der Waals surface area contributed by atoms with E-state index in [9.17, 15) is 28.8 Å². The minimum absolute atomic E-state index is 0.0531. The van der Waals surface area contributed by atoms with Crippen molar-refractivity contribution in [2.24, 2.45) is 11.8 Å². The molecule has 14 nitrogen and oxygen atoms in total. The summed E-state index contributed by atoms with van der Waals surface area (Å²) in [5.41, 5.74) is -0.725. The fourth-order valence-corrected chi connectivity index (χ4v) is 5.45.